The van der Waals surface area contributed by atoms with Crippen LogP contribution < -0.4 is 5.73 Å². The number of rotatable bonds is 6. The van der Waals surface area contributed by atoms with Crippen molar-refractivity contribution in [2.75, 3.05) is 39.3 Å². The maximum absolute atomic E-state index is 12.5. The summed E-state index contributed by atoms with van der Waals surface area (Å²) in [7, 11) is 0. The molecule has 2 atom stereocenters. The molecule has 4 nitrogen and oxygen atoms in total. The molecule has 1 aliphatic rings. The van der Waals surface area contributed by atoms with E-state index in [1.165, 1.54) is 6.42 Å². The van der Waals surface area contributed by atoms with E-state index in [1.54, 1.807) is 0 Å². The summed E-state index contributed by atoms with van der Waals surface area (Å²) in [5, 5.41) is 0. The van der Waals surface area contributed by atoms with E-state index in [9.17, 15) is 4.79 Å². The normalized spacial score (nSPS) is 24.2. The molecule has 1 fully saturated rings. The van der Waals surface area contributed by atoms with E-state index in [-0.39, 0.29) is 11.3 Å². The van der Waals surface area contributed by atoms with Gasteiger partial charge < -0.3 is 10.6 Å². The number of amides is 1. The first-order valence-electron chi connectivity index (χ1n) is 7.97. The number of likely N-dealkylation sites (tertiary alicyclic amines) is 1. The molecule has 118 valence electrons. The van der Waals surface area contributed by atoms with Gasteiger partial charge in [0.05, 0.1) is 6.54 Å². The minimum absolute atomic E-state index is 0.0682. The SMILES string of the molecule is CCN(CC(=O)N1CC(C)CC(C)C1)CC(C)(C)CN. The molecule has 1 amide bonds. The van der Waals surface area contributed by atoms with Gasteiger partial charge in [0.15, 0.2) is 0 Å². The van der Waals surface area contributed by atoms with Gasteiger partial charge in [-0.25, -0.2) is 0 Å². The molecule has 1 saturated heterocycles. The molecule has 1 heterocycles. The van der Waals surface area contributed by atoms with E-state index in [0.29, 0.717) is 24.9 Å². The minimum Gasteiger partial charge on any atom is -0.341 e. The lowest BCUT2D eigenvalue weighted by Gasteiger charge is -2.37. The van der Waals surface area contributed by atoms with Gasteiger partial charge in [0.25, 0.3) is 0 Å². The standard InChI is InChI=1S/C16H33N3O/c1-6-18(12-16(4,5)11-17)10-15(20)19-8-13(2)7-14(3)9-19/h13-14H,6-12,17H2,1-5H3. The predicted molar refractivity (Wildman–Crippen MR) is 84.5 cm³/mol. The first-order valence-corrected chi connectivity index (χ1v) is 7.97. The number of hydrogen-bond donors (Lipinski definition) is 1. The van der Waals surface area contributed by atoms with Crippen LogP contribution in [-0.4, -0.2) is 55.0 Å². The van der Waals surface area contributed by atoms with E-state index in [0.717, 1.165) is 26.2 Å². The van der Waals surface area contributed by atoms with Gasteiger partial charge in [-0.05, 0) is 36.8 Å². The van der Waals surface area contributed by atoms with Crippen LogP contribution in [0, 0.1) is 17.3 Å². The Hall–Kier alpha value is -0.610. The van der Waals surface area contributed by atoms with Crippen molar-refractivity contribution >= 4 is 5.91 Å². The summed E-state index contributed by atoms with van der Waals surface area (Å²) >= 11 is 0. The van der Waals surface area contributed by atoms with Gasteiger partial charge in [-0.3, -0.25) is 9.69 Å². The Labute approximate surface area is 124 Å². The molecule has 0 aromatic rings. The van der Waals surface area contributed by atoms with Gasteiger partial charge in [0.1, 0.15) is 0 Å². The Morgan fingerprint density at radius 3 is 2.30 bits per heavy atom. The summed E-state index contributed by atoms with van der Waals surface area (Å²) in [6, 6.07) is 0. The van der Waals surface area contributed by atoms with Crippen molar-refractivity contribution in [2.24, 2.45) is 23.0 Å². The number of carbonyl (C=O) groups excluding carboxylic acids is 1. The van der Waals surface area contributed by atoms with E-state index >= 15 is 0 Å². The Bertz CT molecular complexity index is 307. The molecule has 0 bridgehead atoms. The van der Waals surface area contributed by atoms with Crippen LogP contribution in [0.2, 0.25) is 0 Å². The lowest BCUT2D eigenvalue weighted by Crippen LogP contribution is -2.48. The average molecular weight is 283 g/mol. The number of nitrogens with two attached hydrogens (primary N) is 1. The van der Waals surface area contributed by atoms with Crippen LogP contribution in [0.25, 0.3) is 0 Å². The fraction of sp³-hybridized carbons (Fsp3) is 0.938. The molecule has 0 aliphatic carbocycles. The third-order valence-electron chi connectivity index (χ3n) is 4.23. The van der Waals surface area contributed by atoms with Crippen molar-refractivity contribution in [1.82, 2.24) is 9.80 Å². The second kappa shape index (κ2) is 7.41. The topological polar surface area (TPSA) is 49.6 Å². The highest BCUT2D eigenvalue weighted by Gasteiger charge is 2.27. The smallest absolute Gasteiger partial charge is 0.236 e. The molecular weight excluding hydrogens is 250 g/mol. The first kappa shape index (κ1) is 17.4. The van der Waals surface area contributed by atoms with Crippen LogP contribution in [0.15, 0.2) is 0 Å². The van der Waals surface area contributed by atoms with Crippen LogP contribution >= 0.6 is 0 Å². The maximum Gasteiger partial charge on any atom is 0.236 e. The molecule has 0 radical (unpaired) electrons. The van der Waals surface area contributed by atoms with Gasteiger partial charge in [-0.2, -0.15) is 0 Å². The lowest BCUT2D eigenvalue weighted by molar-refractivity contribution is -0.135. The molecule has 1 aliphatic heterocycles. The highest BCUT2D eigenvalue weighted by atomic mass is 16.2. The highest BCUT2D eigenvalue weighted by molar-refractivity contribution is 5.78. The second-order valence-corrected chi connectivity index (χ2v) is 7.42. The molecule has 2 unspecified atom stereocenters. The van der Waals surface area contributed by atoms with Crippen molar-refractivity contribution in [1.29, 1.82) is 0 Å². The van der Waals surface area contributed by atoms with Gasteiger partial charge in [-0.1, -0.05) is 34.6 Å². The van der Waals surface area contributed by atoms with Crippen molar-refractivity contribution in [3.8, 4) is 0 Å². The van der Waals surface area contributed by atoms with Gasteiger partial charge >= 0.3 is 0 Å². The summed E-state index contributed by atoms with van der Waals surface area (Å²) in [5.41, 5.74) is 5.87. The monoisotopic (exact) mass is 283 g/mol. The third kappa shape index (κ3) is 5.41. The molecular formula is C16H33N3O. The molecule has 1 rings (SSSR count). The number of carbonyl (C=O) groups is 1. The number of likely N-dealkylation sites (N-methyl/N-ethyl adjacent to an activating group) is 1. The molecule has 4 heteroatoms. The van der Waals surface area contributed by atoms with Gasteiger partial charge in [-0.15, -0.1) is 0 Å². The zero-order valence-corrected chi connectivity index (χ0v) is 14.0. The van der Waals surface area contributed by atoms with Crippen LogP contribution in [0.3, 0.4) is 0 Å². The maximum atomic E-state index is 12.5. The zero-order chi connectivity index (χ0) is 15.3. The molecule has 2 N–H and O–H groups in total. The second-order valence-electron chi connectivity index (χ2n) is 7.42. The highest BCUT2D eigenvalue weighted by Crippen LogP contribution is 2.21. The molecule has 0 aromatic carbocycles. The Balaban J connectivity index is 2.54. The summed E-state index contributed by atoms with van der Waals surface area (Å²) in [4.78, 5) is 16.8. The molecule has 0 saturated carbocycles. The fourth-order valence-electron chi connectivity index (χ4n) is 3.11. The molecule has 0 spiro atoms. The first-order chi connectivity index (χ1) is 9.27. The average Bonchev–Trinajstić information content (AvgIpc) is 2.36. The van der Waals surface area contributed by atoms with Crippen LogP contribution in [0.4, 0.5) is 0 Å². The Kier molecular flexibility index (Phi) is 6.46. The van der Waals surface area contributed by atoms with E-state index in [4.69, 9.17) is 5.73 Å². The molecule has 20 heavy (non-hydrogen) atoms. The van der Waals surface area contributed by atoms with Gasteiger partial charge in [0, 0.05) is 19.6 Å². The minimum atomic E-state index is 0.0682. The summed E-state index contributed by atoms with van der Waals surface area (Å²) in [6.45, 7) is 15.7. The molecule has 0 aromatic heterocycles. The largest absolute Gasteiger partial charge is 0.341 e. The third-order valence-corrected chi connectivity index (χ3v) is 4.23. The summed E-state index contributed by atoms with van der Waals surface area (Å²) < 4.78 is 0. The summed E-state index contributed by atoms with van der Waals surface area (Å²) in [5.74, 6) is 1.52. The van der Waals surface area contributed by atoms with E-state index in [2.05, 4.69) is 44.4 Å². The summed E-state index contributed by atoms with van der Waals surface area (Å²) in [6.07, 6.45) is 1.24. The fourth-order valence-corrected chi connectivity index (χ4v) is 3.11. The number of piperidine rings is 1. The van der Waals surface area contributed by atoms with Crippen LogP contribution in [-0.2, 0) is 4.79 Å². The predicted octanol–water partition coefficient (Wildman–Crippen LogP) is 1.80. The van der Waals surface area contributed by atoms with Crippen molar-refractivity contribution < 1.29 is 4.79 Å². The number of nitrogens with zero attached hydrogens (tertiary/aromatic N) is 2. The van der Waals surface area contributed by atoms with Crippen molar-refractivity contribution in [3.63, 3.8) is 0 Å². The quantitative estimate of drug-likeness (QED) is 0.808. The van der Waals surface area contributed by atoms with Crippen molar-refractivity contribution in [2.45, 2.75) is 41.0 Å². The number of hydrogen-bond acceptors (Lipinski definition) is 3. The van der Waals surface area contributed by atoms with E-state index in [1.807, 2.05) is 0 Å². The van der Waals surface area contributed by atoms with E-state index < -0.39 is 0 Å². The van der Waals surface area contributed by atoms with Crippen LogP contribution in [0.5, 0.6) is 0 Å². The Morgan fingerprint density at radius 2 is 1.85 bits per heavy atom. The lowest BCUT2D eigenvalue weighted by atomic mass is 9.91. The zero-order valence-electron chi connectivity index (χ0n) is 14.0. The Morgan fingerprint density at radius 1 is 1.30 bits per heavy atom. The van der Waals surface area contributed by atoms with Crippen molar-refractivity contribution in [3.05, 3.63) is 0 Å². The van der Waals surface area contributed by atoms with Gasteiger partial charge in [0.2, 0.25) is 5.91 Å². The van der Waals surface area contributed by atoms with Crippen LogP contribution in [0.1, 0.15) is 41.0 Å².